The quantitative estimate of drug-likeness (QED) is 0.900. The van der Waals surface area contributed by atoms with Gasteiger partial charge in [-0.05, 0) is 32.4 Å². The lowest BCUT2D eigenvalue weighted by Gasteiger charge is -2.14. The highest BCUT2D eigenvalue weighted by molar-refractivity contribution is 7.12. The van der Waals surface area contributed by atoms with E-state index in [1.165, 1.54) is 22.1 Å². The molecule has 2 aromatic rings. The first kappa shape index (κ1) is 13.5. The summed E-state index contributed by atoms with van der Waals surface area (Å²) in [6.07, 6.45) is 2.91. The molecular formula is C13H16N4OS. The van der Waals surface area contributed by atoms with Gasteiger partial charge < -0.3 is 11.1 Å². The number of carbonyl (C=O) groups excluding carboxylic acids is 1. The minimum absolute atomic E-state index is 0.0844. The van der Waals surface area contributed by atoms with E-state index in [0.29, 0.717) is 0 Å². The van der Waals surface area contributed by atoms with Crippen LogP contribution in [-0.2, 0) is 0 Å². The first-order valence-corrected chi connectivity index (χ1v) is 6.75. The van der Waals surface area contributed by atoms with Gasteiger partial charge in [0.1, 0.15) is 0 Å². The van der Waals surface area contributed by atoms with Gasteiger partial charge in [-0.25, -0.2) is 9.97 Å². The Morgan fingerprint density at radius 3 is 2.63 bits per heavy atom. The van der Waals surface area contributed by atoms with Crippen molar-refractivity contribution in [3.8, 4) is 0 Å². The lowest BCUT2D eigenvalue weighted by atomic mass is 10.1. The van der Waals surface area contributed by atoms with Gasteiger partial charge in [0.2, 0.25) is 0 Å². The van der Waals surface area contributed by atoms with Gasteiger partial charge in [-0.15, -0.1) is 11.3 Å². The molecule has 1 atom stereocenters. The van der Waals surface area contributed by atoms with Crippen molar-refractivity contribution >= 4 is 23.1 Å². The maximum Gasteiger partial charge on any atom is 0.274 e. The van der Waals surface area contributed by atoms with Crippen molar-refractivity contribution in [3.05, 3.63) is 39.5 Å². The summed E-state index contributed by atoms with van der Waals surface area (Å²) in [7, 11) is 0. The number of anilines is 1. The molecule has 0 aliphatic rings. The van der Waals surface area contributed by atoms with Gasteiger partial charge >= 0.3 is 0 Å². The molecule has 0 aliphatic carbocycles. The summed E-state index contributed by atoms with van der Waals surface area (Å²) in [5, 5.41) is 2.89. The zero-order valence-electron chi connectivity index (χ0n) is 11.1. The van der Waals surface area contributed by atoms with E-state index in [1.54, 1.807) is 11.3 Å². The van der Waals surface area contributed by atoms with Crippen LogP contribution in [0.5, 0.6) is 0 Å². The molecule has 6 heteroatoms. The van der Waals surface area contributed by atoms with E-state index < -0.39 is 0 Å². The minimum atomic E-state index is -0.304. The van der Waals surface area contributed by atoms with E-state index >= 15 is 0 Å². The Bertz CT molecular complexity index is 608. The van der Waals surface area contributed by atoms with E-state index in [9.17, 15) is 4.79 Å². The summed E-state index contributed by atoms with van der Waals surface area (Å²) < 4.78 is 0. The summed E-state index contributed by atoms with van der Waals surface area (Å²) in [5.74, 6) is -0.160. The summed E-state index contributed by atoms with van der Waals surface area (Å²) in [4.78, 5) is 22.3. The van der Waals surface area contributed by atoms with Crippen molar-refractivity contribution in [2.45, 2.75) is 26.8 Å². The minimum Gasteiger partial charge on any atom is -0.382 e. The van der Waals surface area contributed by atoms with Crippen molar-refractivity contribution in [1.29, 1.82) is 0 Å². The Labute approximate surface area is 115 Å². The van der Waals surface area contributed by atoms with Crippen molar-refractivity contribution in [2.24, 2.45) is 0 Å². The number of nitrogens with zero attached hydrogens (tertiary/aromatic N) is 2. The topological polar surface area (TPSA) is 80.9 Å². The van der Waals surface area contributed by atoms with Crippen LogP contribution in [0.25, 0.3) is 0 Å². The Hall–Kier alpha value is -1.95. The Kier molecular flexibility index (Phi) is 3.80. The lowest BCUT2D eigenvalue weighted by Crippen LogP contribution is -2.28. The number of aromatic nitrogens is 2. The maximum atomic E-state index is 12.1. The fraction of sp³-hybridized carbons (Fsp3) is 0.308. The third-order valence-electron chi connectivity index (χ3n) is 2.84. The average Bonchev–Trinajstić information content (AvgIpc) is 2.69. The van der Waals surface area contributed by atoms with Gasteiger partial charge in [0.05, 0.1) is 6.04 Å². The highest BCUT2D eigenvalue weighted by atomic mass is 32.1. The molecule has 5 nitrogen and oxygen atoms in total. The second-order valence-electron chi connectivity index (χ2n) is 4.35. The number of carbonyl (C=O) groups is 1. The predicted octanol–water partition coefficient (Wildman–Crippen LogP) is 2.23. The Morgan fingerprint density at radius 2 is 2.05 bits per heavy atom. The van der Waals surface area contributed by atoms with Crippen LogP contribution in [0.15, 0.2) is 18.5 Å². The first-order chi connectivity index (χ1) is 8.99. The molecule has 2 aromatic heterocycles. The smallest absolute Gasteiger partial charge is 0.274 e. The SMILES string of the molecule is Cc1cc(C(C)NC(=O)c2nccnc2N)c(C)s1. The molecule has 0 fully saturated rings. The van der Waals surface area contributed by atoms with Crippen molar-refractivity contribution in [2.75, 3.05) is 5.73 Å². The number of nitrogens with one attached hydrogen (secondary N) is 1. The number of thiophene rings is 1. The lowest BCUT2D eigenvalue weighted by molar-refractivity contribution is 0.0935. The molecule has 100 valence electrons. The zero-order chi connectivity index (χ0) is 14.0. The van der Waals surface area contributed by atoms with E-state index in [2.05, 4.69) is 28.3 Å². The molecule has 0 aliphatic heterocycles. The highest BCUT2D eigenvalue weighted by Crippen LogP contribution is 2.26. The fourth-order valence-electron chi connectivity index (χ4n) is 1.95. The first-order valence-electron chi connectivity index (χ1n) is 5.93. The Morgan fingerprint density at radius 1 is 1.37 bits per heavy atom. The maximum absolute atomic E-state index is 12.1. The van der Waals surface area contributed by atoms with Crippen LogP contribution in [-0.4, -0.2) is 15.9 Å². The number of hydrogen-bond donors (Lipinski definition) is 2. The van der Waals surface area contributed by atoms with Crippen LogP contribution in [0.2, 0.25) is 0 Å². The van der Waals surface area contributed by atoms with Crippen LogP contribution in [0.3, 0.4) is 0 Å². The number of nitrogen functional groups attached to an aromatic ring is 1. The molecule has 0 spiro atoms. The van der Waals surface area contributed by atoms with Gasteiger partial charge in [-0.1, -0.05) is 0 Å². The predicted molar refractivity (Wildman–Crippen MR) is 76.1 cm³/mol. The van der Waals surface area contributed by atoms with Crippen LogP contribution in [0.4, 0.5) is 5.82 Å². The normalized spacial score (nSPS) is 12.2. The third kappa shape index (κ3) is 2.90. The third-order valence-corrected chi connectivity index (χ3v) is 3.82. The average molecular weight is 276 g/mol. The standard InChI is InChI=1S/C13H16N4OS/c1-7-6-10(9(3)19-7)8(2)17-13(18)11-12(14)16-5-4-15-11/h4-6,8H,1-3H3,(H2,14,16)(H,17,18). The molecule has 0 bridgehead atoms. The second-order valence-corrected chi connectivity index (χ2v) is 5.81. The molecule has 2 heterocycles. The van der Waals surface area contributed by atoms with Crippen molar-refractivity contribution in [3.63, 3.8) is 0 Å². The summed E-state index contributed by atoms with van der Waals surface area (Å²) in [6.45, 7) is 6.04. The van der Waals surface area contributed by atoms with Crippen molar-refractivity contribution < 1.29 is 4.79 Å². The van der Waals surface area contributed by atoms with E-state index in [-0.39, 0.29) is 23.5 Å². The molecule has 1 unspecified atom stereocenters. The largest absolute Gasteiger partial charge is 0.382 e. The summed E-state index contributed by atoms with van der Waals surface area (Å²) in [5.41, 5.74) is 6.93. The summed E-state index contributed by atoms with van der Waals surface area (Å²) in [6, 6.07) is 2.00. The van der Waals surface area contributed by atoms with E-state index in [4.69, 9.17) is 5.73 Å². The van der Waals surface area contributed by atoms with Gasteiger partial charge in [0.15, 0.2) is 11.5 Å². The van der Waals surface area contributed by atoms with Crippen LogP contribution in [0, 0.1) is 13.8 Å². The van der Waals surface area contributed by atoms with Crippen LogP contribution in [0.1, 0.15) is 38.8 Å². The van der Waals surface area contributed by atoms with Crippen molar-refractivity contribution in [1.82, 2.24) is 15.3 Å². The molecule has 0 saturated heterocycles. The molecule has 1 amide bonds. The number of nitrogens with two attached hydrogens (primary N) is 1. The van der Waals surface area contributed by atoms with Gasteiger partial charge in [0, 0.05) is 22.1 Å². The monoisotopic (exact) mass is 276 g/mol. The molecule has 3 N–H and O–H groups in total. The summed E-state index contributed by atoms with van der Waals surface area (Å²) >= 11 is 1.72. The zero-order valence-corrected chi connectivity index (χ0v) is 11.9. The molecule has 0 saturated carbocycles. The molecule has 0 aromatic carbocycles. The number of aryl methyl sites for hydroxylation is 2. The molecular weight excluding hydrogens is 260 g/mol. The Balaban J connectivity index is 2.15. The molecule has 2 rings (SSSR count). The van der Waals surface area contributed by atoms with Gasteiger partial charge in [-0.3, -0.25) is 4.79 Å². The van der Waals surface area contributed by atoms with E-state index in [0.717, 1.165) is 5.56 Å². The number of rotatable bonds is 3. The van der Waals surface area contributed by atoms with E-state index in [1.807, 2.05) is 13.8 Å². The molecule has 0 radical (unpaired) electrons. The second kappa shape index (κ2) is 5.36. The highest BCUT2D eigenvalue weighted by Gasteiger charge is 2.17. The number of amides is 1. The number of hydrogen-bond acceptors (Lipinski definition) is 5. The van der Waals surface area contributed by atoms with Gasteiger partial charge in [-0.2, -0.15) is 0 Å². The van der Waals surface area contributed by atoms with Crippen LogP contribution >= 0.6 is 11.3 Å². The fourth-order valence-corrected chi connectivity index (χ4v) is 2.97. The van der Waals surface area contributed by atoms with Gasteiger partial charge in [0.25, 0.3) is 5.91 Å². The molecule has 19 heavy (non-hydrogen) atoms. The van der Waals surface area contributed by atoms with Crippen LogP contribution < -0.4 is 11.1 Å².